The smallest absolute Gasteiger partial charge is 0.339 e. The molecule has 0 bridgehead atoms. The van der Waals surface area contributed by atoms with Crippen molar-refractivity contribution in [2.24, 2.45) is 0 Å². The molecule has 7 nitrogen and oxygen atoms in total. The maximum Gasteiger partial charge on any atom is 0.339 e. The largest absolute Gasteiger partial charge is 0.447 e. The summed E-state index contributed by atoms with van der Waals surface area (Å²) < 4.78 is 8.88. The maximum atomic E-state index is 11.1. The zero-order chi connectivity index (χ0) is 11.6. The molecular formula is C7H11ClO7. The maximum absolute atomic E-state index is 11.1. The van der Waals surface area contributed by atoms with Crippen LogP contribution < -0.4 is 0 Å². The Labute approximate surface area is 89.8 Å². The Balaban J connectivity index is 2.70. The highest BCUT2D eigenvalue weighted by atomic mass is 35.5. The van der Waals surface area contributed by atoms with Crippen LogP contribution in [0.5, 0.6) is 0 Å². The SMILES string of the molecule is O=C(OCCl)[C@H]1O[C@@H](O)[C@H](O)[C@@H](O)[C@@H]1O. The van der Waals surface area contributed by atoms with E-state index in [0.717, 1.165) is 0 Å². The van der Waals surface area contributed by atoms with Crippen LogP contribution >= 0.6 is 11.6 Å². The monoisotopic (exact) mass is 242 g/mol. The van der Waals surface area contributed by atoms with Gasteiger partial charge in [0.15, 0.2) is 18.5 Å². The molecule has 0 spiro atoms. The van der Waals surface area contributed by atoms with Gasteiger partial charge in [0.25, 0.3) is 0 Å². The van der Waals surface area contributed by atoms with Crippen LogP contribution in [-0.4, -0.2) is 63.2 Å². The highest BCUT2D eigenvalue weighted by molar-refractivity contribution is 6.17. The van der Waals surface area contributed by atoms with Crippen molar-refractivity contribution in [2.75, 3.05) is 6.07 Å². The Morgan fingerprint density at radius 3 is 2.33 bits per heavy atom. The van der Waals surface area contributed by atoms with E-state index >= 15 is 0 Å². The molecule has 0 unspecified atom stereocenters. The molecule has 1 fully saturated rings. The van der Waals surface area contributed by atoms with E-state index < -0.39 is 42.7 Å². The Kier molecular flexibility index (Phi) is 4.26. The van der Waals surface area contributed by atoms with Gasteiger partial charge in [-0.1, -0.05) is 11.6 Å². The molecule has 1 saturated heterocycles. The third-order valence-corrected chi connectivity index (χ3v) is 2.13. The molecule has 1 heterocycles. The predicted octanol–water partition coefficient (Wildman–Crippen LogP) is -2.47. The third-order valence-electron chi connectivity index (χ3n) is 2.02. The summed E-state index contributed by atoms with van der Waals surface area (Å²) in [6.45, 7) is 0. The second-order valence-corrected chi connectivity index (χ2v) is 3.21. The molecule has 4 N–H and O–H groups in total. The molecule has 0 radical (unpaired) electrons. The minimum atomic E-state index is -1.77. The molecule has 0 aromatic rings. The zero-order valence-corrected chi connectivity index (χ0v) is 8.24. The van der Waals surface area contributed by atoms with Crippen molar-refractivity contribution in [1.82, 2.24) is 0 Å². The van der Waals surface area contributed by atoms with Gasteiger partial charge in [-0.25, -0.2) is 4.79 Å². The number of halogens is 1. The lowest BCUT2D eigenvalue weighted by Gasteiger charge is -2.36. The fraction of sp³-hybridized carbons (Fsp3) is 0.857. The van der Waals surface area contributed by atoms with Gasteiger partial charge in [-0.2, -0.15) is 0 Å². The van der Waals surface area contributed by atoms with Gasteiger partial charge in [-0.15, -0.1) is 0 Å². The lowest BCUT2D eigenvalue weighted by Crippen LogP contribution is -2.59. The van der Waals surface area contributed by atoms with E-state index in [-0.39, 0.29) is 0 Å². The van der Waals surface area contributed by atoms with Gasteiger partial charge in [-0.05, 0) is 0 Å². The number of rotatable bonds is 2. The summed E-state index contributed by atoms with van der Waals surface area (Å²) in [6.07, 6.45) is -8.39. The molecule has 1 aliphatic heterocycles. The molecule has 0 aromatic heterocycles. The van der Waals surface area contributed by atoms with E-state index in [4.69, 9.17) is 21.8 Å². The Hall–Kier alpha value is -0.440. The summed E-state index contributed by atoms with van der Waals surface area (Å²) in [7, 11) is 0. The van der Waals surface area contributed by atoms with Crippen LogP contribution in [-0.2, 0) is 14.3 Å². The first-order valence-electron chi connectivity index (χ1n) is 4.09. The first kappa shape index (κ1) is 12.6. The van der Waals surface area contributed by atoms with Crippen molar-refractivity contribution >= 4 is 17.6 Å². The molecule has 0 aliphatic carbocycles. The van der Waals surface area contributed by atoms with Gasteiger partial charge in [0.1, 0.15) is 18.3 Å². The summed E-state index contributed by atoms with van der Waals surface area (Å²) in [5.41, 5.74) is 0. The van der Waals surface area contributed by atoms with Crippen molar-refractivity contribution in [2.45, 2.75) is 30.7 Å². The van der Waals surface area contributed by atoms with Crippen LogP contribution in [0.2, 0.25) is 0 Å². The van der Waals surface area contributed by atoms with E-state index in [1.165, 1.54) is 0 Å². The number of ether oxygens (including phenoxy) is 2. The first-order valence-corrected chi connectivity index (χ1v) is 4.62. The second kappa shape index (κ2) is 5.06. The highest BCUT2D eigenvalue weighted by Crippen LogP contribution is 2.20. The Bertz CT molecular complexity index is 235. The number of esters is 1. The van der Waals surface area contributed by atoms with E-state index in [0.29, 0.717) is 0 Å². The fourth-order valence-corrected chi connectivity index (χ4v) is 1.30. The van der Waals surface area contributed by atoms with Crippen LogP contribution in [0.1, 0.15) is 0 Å². The van der Waals surface area contributed by atoms with Crippen molar-refractivity contribution in [3.05, 3.63) is 0 Å². The molecule has 15 heavy (non-hydrogen) atoms. The molecular weight excluding hydrogens is 232 g/mol. The molecule has 0 aromatic carbocycles. The van der Waals surface area contributed by atoms with E-state index in [1.807, 2.05) is 0 Å². The quantitative estimate of drug-likeness (QED) is 0.313. The van der Waals surface area contributed by atoms with Crippen LogP contribution in [0.25, 0.3) is 0 Å². The number of hydrogen-bond donors (Lipinski definition) is 4. The Morgan fingerprint density at radius 2 is 1.80 bits per heavy atom. The normalized spacial score (nSPS) is 41.3. The second-order valence-electron chi connectivity index (χ2n) is 2.99. The number of aliphatic hydroxyl groups is 4. The van der Waals surface area contributed by atoms with Gasteiger partial charge < -0.3 is 29.9 Å². The minimum absolute atomic E-state index is 0.444. The third kappa shape index (κ3) is 2.57. The van der Waals surface area contributed by atoms with Crippen LogP contribution in [0.15, 0.2) is 0 Å². The highest BCUT2D eigenvalue weighted by Gasteiger charge is 2.46. The molecule has 0 saturated carbocycles. The average molecular weight is 243 g/mol. The fourth-order valence-electron chi connectivity index (χ4n) is 1.19. The molecule has 0 amide bonds. The van der Waals surface area contributed by atoms with Gasteiger partial charge >= 0.3 is 5.97 Å². The topological polar surface area (TPSA) is 116 Å². The molecule has 5 atom stereocenters. The molecule has 1 rings (SSSR count). The molecule has 88 valence electrons. The van der Waals surface area contributed by atoms with Crippen molar-refractivity contribution in [3.8, 4) is 0 Å². The van der Waals surface area contributed by atoms with E-state index in [9.17, 15) is 15.0 Å². The zero-order valence-electron chi connectivity index (χ0n) is 7.49. The predicted molar refractivity (Wildman–Crippen MR) is 45.7 cm³/mol. The average Bonchev–Trinajstić information content (AvgIpc) is 2.20. The van der Waals surface area contributed by atoms with Gasteiger partial charge in [0, 0.05) is 0 Å². The van der Waals surface area contributed by atoms with Gasteiger partial charge in [-0.3, -0.25) is 0 Å². The number of hydrogen-bond acceptors (Lipinski definition) is 7. The lowest BCUT2D eigenvalue weighted by molar-refractivity contribution is -0.280. The van der Waals surface area contributed by atoms with Crippen LogP contribution in [0, 0.1) is 0 Å². The summed E-state index contributed by atoms with van der Waals surface area (Å²) in [4.78, 5) is 11.1. The summed E-state index contributed by atoms with van der Waals surface area (Å²) >= 11 is 5.11. The first-order chi connectivity index (χ1) is 6.99. The van der Waals surface area contributed by atoms with Crippen molar-refractivity contribution in [3.63, 3.8) is 0 Å². The van der Waals surface area contributed by atoms with Gasteiger partial charge in [0.05, 0.1) is 0 Å². The molecule has 8 heteroatoms. The minimum Gasteiger partial charge on any atom is -0.447 e. The van der Waals surface area contributed by atoms with Crippen molar-refractivity contribution in [1.29, 1.82) is 0 Å². The summed E-state index contributed by atoms with van der Waals surface area (Å²) in [5.74, 6) is -1.03. The Morgan fingerprint density at radius 1 is 1.20 bits per heavy atom. The summed E-state index contributed by atoms with van der Waals surface area (Å²) in [5, 5.41) is 36.7. The van der Waals surface area contributed by atoms with Crippen LogP contribution in [0.3, 0.4) is 0 Å². The van der Waals surface area contributed by atoms with E-state index in [1.54, 1.807) is 0 Å². The number of carbonyl (C=O) groups excluding carboxylic acids is 1. The standard InChI is InChI=1S/C7H11ClO7/c8-1-14-7(13)5-3(10)2(9)4(11)6(12)15-5/h2-6,9-12H,1H2/t2-,3-,4+,5-,6+/m0/s1. The number of aliphatic hydroxyl groups excluding tert-OH is 4. The van der Waals surface area contributed by atoms with Gasteiger partial charge in [0.2, 0.25) is 0 Å². The number of alkyl halides is 1. The summed E-state index contributed by atoms with van der Waals surface area (Å²) in [6, 6.07) is -0.444. The van der Waals surface area contributed by atoms with E-state index in [2.05, 4.69) is 9.47 Å². The lowest BCUT2D eigenvalue weighted by atomic mass is 9.99. The van der Waals surface area contributed by atoms with Crippen molar-refractivity contribution < 1.29 is 34.7 Å². The van der Waals surface area contributed by atoms with Crippen LogP contribution in [0.4, 0.5) is 0 Å². The molecule has 1 aliphatic rings. The number of carbonyl (C=O) groups is 1.